The molecular formula is C14H17ClN2OS. The van der Waals surface area contributed by atoms with E-state index in [0.717, 1.165) is 17.7 Å². The van der Waals surface area contributed by atoms with E-state index in [1.165, 1.54) is 4.88 Å². The van der Waals surface area contributed by atoms with Crippen molar-refractivity contribution in [2.24, 2.45) is 5.73 Å². The molecule has 2 rings (SSSR count). The highest BCUT2D eigenvalue weighted by Crippen LogP contribution is 2.27. The topological polar surface area (TPSA) is 48.1 Å². The average molecular weight is 297 g/mol. The minimum atomic E-state index is -0.0219. The number of nitrogens with zero attached hydrogens (tertiary/aromatic N) is 1. The van der Waals surface area contributed by atoms with Crippen LogP contribution in [0, 0.1) is 6.92 Å². The molecule has 1 aromatic heterocycles. The number of ether oxygens (including phenoxy) is 1. The molecular weight excluding hydrogens is 280 g/mol. The van der Waals surface area contributed by atoms with Crippen molar-refractivity contribution in [1.29, 1.82) is 0 Å². The van der Waals surface area contributed by atoms with Crippen LogP contribution in [0.4, 0.5) is 0 Å². The zero-order chi connectivity index (χ0) is 13.8. The van der Waals surface area contributed by atoms with Gasteiger partial charge in [0.1, 0.15) is 5.75 Å². The van der Waals surface area contributed by atoms with E-state index in [4.69, 9.17) is 22.1 Å². The van der Waals surface area contributed by atoms with Crippen LogP contribution >= 0.6 is 22.9 Å². The van der Waals surface area contributed by atoms with Crippen LogP contribution in [0.15, 0.2) is 23.7 Å². The Morgan fingerprint density at radius 1 is 1.47 bits per heavy atom. The lowest BCUT2D eigenvalue weighted by atomic mass is 10.1. The second kappa shape index (κ2) is 6.37. The third kappa shape index (κ3) is 3.69. The highest BCUT2D eigenvalue weighted by molar-refractivity contribution is 7.09. The molecule has 19 heavy (non-hydrogen) atoms. The molecule has 3 nitrogen and oxygen atoms in total. The van der Waals surface area contributed by atoms with Crippen molar-refractivity contribution in [2.75, 3.05) is 6.61 Å². The van der Waals surface area contributed by atoms with Crippen molar-refractivity contribution < 1.29 is 4.74 Å². The van der Waals surface area contributed by atoms with Crippen LogP contribution in [0.1, 0.15) is 29.1 Å². The molecule has 0 amide bonds. The minimum Gasteiger partial charge on any atom is -0.492 e. The molecule has 1 atom stereocenters. The lowest BCUT2D eigenvalue weighted by molar-refractivity contribution is 0.322. The van der Waals surface area contributed by atoms with Gasteiger partial charge < -0.3 is 10.5 Å². The van der Waals surface area contributed by atoms with Gasteiger partial charge >= 0.3 is 0 Å². The Hall–Kier alpha value is -1.10. The highest BCUT2D eigenvalue weighted by Gasteiger charge is 2.07. The fourth-order valence-corrected chi connectivity index (χ4v) is 2.74. The summed E-state index contributed by atoms with van der Waals surface area (Å²) < 4.78 is 5.71. The molecule has 0 bridgehead atoms. The van der Waals surface area contributed by atoms with Crippen LogP contribution in [0.5, 0.6) is 5.75 Å². The predicted molar refractivity (Wildman–Crippen MR) is 80.1 cm³/mol. The molecule has 0 saturated carbocycles. The van der Waals surface area contributed by atoms with Crippen molar-refractivity contribution in [2.45, 2.75) is 26.3 Å². The van der Waals surface area contributed by atoms with Gasteiger partial charge in [-0.25, -0.2) is 4.98 Å². The van der Waals surface area contributed by atoms with E-state index in [2.05, 4.69) is 4.98 Å². The number of rotatable bonds is 5. The second-order valence-corrected chi connectivity index (χ2v) is 5.78. The third-order valence-corrected chi connectivity index (χ3v) is 4.20. The maximum atomic E-state index is 6.18. The Bertz CT molecular complexity index is 554. The zero-order valence-electron chi connectivity index (χ0n) is 11.0. The molecule has 1 aromatic carbocycles. The van der Waals surface area contributed by atoms with E-state index in [9.17, 15) is 0 Å². The van der Waals surface area contributed by atoms with Crippen molar-refractivity contribution in [3.8, 4) is 5.75 Å². The van der Waals surface area contributed by atoms with Gasteiger partial charge in [0.05, 0.1) is 22.8 Å². The summed E-state index contributed by atoms with van der Waals surface area (Å²) in [5.74, 6) is 0.702. The molecule has 0 aliphatic carbocycles. The van der Waals surface area contributed by atoms with Gasteiger partial charge in [0.15, 0.2) is 0 Å². The fraction of sp³-hybridized carbons (Fsp3) is 0.357. The number of aryl methyl sites for hydroxylation is 1. The first-order valence-corrected chi connectivity index (χ1v) is 7.40. The molecule has 0 unspecified atom stereocenters. The zero-order valence-corrected chi connectivity index (χ0v) is 12.6. The lowest BCUT2D eigenvalue weighted by Gasteiger charge is -2.11. The number of nitrogens with two attached hydrogens (primary N) is 1. The Morgan fingerprint density at radius 2 is 2.26 bits per heavy atom. The molecule has 2 N–H and O–H groups in total. The van der Waals surface area contributed by atoms with Crippen LogP contribution in [0.2, 0.25) is 5.02 Å². The minimum absolute atomic E-state index is 0.0219. The molecule has 5 heteroatoms. The van der Waals surface area contributed by atoms with Crippen LogP contribution in [-0.4, -0.2) is 11.6 Å². The molecule has 0 spiro atoms. The quantitative estimate of drug-likeness (QED) is 0.914. The van der Waals surface area contributed by atoms with Gasteiger partial charge in [-0.1, -0.05) is 17.7 Å². The maximum Gasteiger partial charge on any atom is 0.137 e. The van der Waals surface area contributed by atoms with Crippen LogP contribution in [0.25, 0.3) is 0 Å². The van der Waals surface area contributed by atoms with E-state index in [-0.39, 0.29) is 6.04 Å². The van der Waals surface area contributed by atoms with Gasteiger partial charge in [0.25, 0.3) is 0 Å². The molecule has 0 aliphatic heterocycles. The standard InChI is InChI=1S/C14H17ClN2OS/c1-9(16)11-3-4-13(12(15)7-11)18-6-5-14-10(2)17-8-19-14/h3-4,7-9H,5-6,16H2,1-2H3/t9-/m0/s1. The lowest BCUT2D eigenvalue weighted by Crippen LogP contribution is -2.06. The van der Waals surface area contributed by atoms with E-state index in [0.29, 0.717) is 17.4 Å². The molecule has 0 saturated heterocycles. The first-order valence-electron chi connectivity index (χ1n) is 6.14. The van der Waals surface area contributed by atoms with E-state index >= 15 is 0 Å². The summed E-state index contributed by atoms with van der Waals surface area (Å²) >= 11 is 7.83. The number of thiazole rings is 1. The monoisotopic (exact) mass is 296 g/mol. The summed E-state index contributed by atoms with van der Waals surface area (Å²) in [5, 5.41) is 0.607. The SMILES string of the molecule is Cc1ncsc1CCOc1ccc([C@H](C)N)cc1Cl. The second-order valence-electron chi connectivity index (χ2n) is 4.44. The summed E-state index contributed by atoms with van der Waals surface area (Å²) in [7, 11) is 0. The summed E-state index contributed by atoms with van der Waals surface area (Å²) in [6, 6.07) is 5.66. The molecule has 0 aliphatic rings. The summed E-state index contributed by atoms with van der Waals surface area (Å²) in [4.78, 5) is 5.47. The summed E-state index contributed by atoms with van der Waals surface area (Å²) in [5.41, 5.74) is 9.75. The number of hydrogen-bond acceptors (Lipinski definition) is 4. The highest BCUT2D eigenvalue weighted by atomic mass is 35.5. The Balaban J connectivity index is 1.95. The van der Waals surface area contributed by atoms with E-state index in [1.54, 1.807) is 11.3 Å². The first kappa shape index (κ1) is 14.3. The average Bonchev–Trinajstić information content (AvgIpc) is 2.77. The normalized spacial score (nSPS) is 12.4. The van der Waals surface area contributed by atoms with Crippen LogP contribution < -0.4 is 10.5 Å². The largest absolute Gasteiger partial charge is 0.492 e. The predicted octanol–water partition coefficient (Wildman–Crippen LogP) is 3.75. The van der Waals surface area contributed by atoms with E-state index in [1.807, 2.05) is 37.6 Å². The molecule has 1 heterocycles. The van der Waals surface area contributed by atoms with Gasteiger partial charge in [0.2, 0.25) is 0 Å². The summed E-state index contributed by atoms with van der Waals surface area (Å²) in [6.07, 6.45) is 0.849. The number of hydrogen-bond donors (Lipinski definition) is 1. The Labute approximate surface area is 122 Å². The molecule has 102 valence electrons. The maximum absolute atomic E-state index is 6.18. The Kier molecular flexibility index (Phi) is 4.80. The summed E-state index contributed by atoms with van der Waals surface area (Å²) in [6.45, 7) is 4.54. The van der Waals surface area contributed by atoms with Gasteiger partial charge in [-0.05, 0) is 31.5 Å². The van der Waals surface area contributed by atoms with Crippen LogP contribution in [0.3, 0.4) is 0 Å². The van der Waals surface area contributed by atoms with E-state index < -0.39 is 0 Å². The number of aromatic nitrogens is 1. The number of halogens is 1. The van der Waals surface area contributed by atoms with Crippen molar-refractivity contribution in [1.82, 2.24) is 4.98 Å². The first-order chi connectivity index (χ1) is 9.08. The van der Waals surface area contributed by atoms with Gasteiger partial charge in [0, 0.05) is 17.3 Å². The van der Waals surface area contributed by atoms with Gasteiger partial charge in [-0.3, -0.25) is 0 Å². The smallest absolute Gasteiger partial charge is 0.137 e. The molecule has 2 aromatic rings. The van der Waals surface area contributed by atoms with Gasteiger partial charge in [-0.2, -0.15) is 0 Å². The third-order valence-electron chi connectivity index (χ3n) is 2.91. The number of benzene rings is 1. The van der Waals surface area contributed by atoms with Crippen molar-refractivity contribution in [3.63, 3.8) is 0 Å². The fourth-order valence-electron chi connectivity index (χ4n) is 1.74. The van der Waals surface area contributed by atoms with Crippen molar-refractivity contribution in [3.05, 3.63) is 44.9 Å². The van der Waals surface area contributed by atoms with Gasteiger partial charge in [-0.15, -0.1) is 11.3 Å². The molecule has 0 fully saturated rings. The van der Waals surface area contributed by atoms with Crippen LogP contribution in [-0.2, 0) is 6.42 Å². The van der Waals surface area contributed by atoms with Crippen molar-refractivity contribution >= 4 is 22.9 Å². The molecule has 0 radical (unpaired) electrons. The Morgan fingerprint density at radius 3 is 2.84 bits per heavy atom.